The van der Waals surface area contributed by atoms with Crippen LogP contribution in [0.5, 0.6) is 0 Å². The molecule has 120 valence electrons. The highest BCUT2D eigenvalue weighted by molar-refractivity contribution is 4.82. The summed E-state index contributed by atoms with van der Waals surface area (Å²) in [7, 11) is 4.37. The van der Waals surface area contributed by atoms with Crippen molar-refractivity contribution in [3.63, 3.8) is 0 Å². The second kappa shape index (κ2) is 9.78. The fourth-order valence-electron chi connectivity index (χ4n) is 2.92. The minimum absolute atomic E-state index is 0.254. The van der Waals surface area contributed by atoms with Crippen molar-refractivity contribution in [3.05, 3.63) is 0 Å². The van der Waals surface area contributed by atoms with Gasteiger partial charge < -0.3 is 10.2 Å². The third kappa shape index (κ3) is 7.64. The molecule has 1 aliphatic carbocycles. The topological polar surface area (TPSA) is 15.3 Å². The molecule has 0 atom stereocenters. The molecule has 0 aromatic rings. The SMILES string of the molecule is CN(C)C(C)(C)CNC1CCCCCCCCCCC1. The van der Waals surface area contributed by atoms with Crippen LogP contribution >= 0.6 is 0 Å². The van der Waals surface area contributed by atoms with Crippen LogP contribution in [-0.4, -0.2) is 37.1 Å². The first-order valence-corrected chi connectivity index (χ1v) is 8.93. The van der Waals surface area contributed by atoms with Gasteiger partial charge in [-0.1, -0.05) is 57.8 Å². The smallest absolute Gasteiger partial charge is 0.0271 e. The highest BCUT2D eigenvalue weighted by Gasteiger charge is 2.21. The summed E-state index contributed by atoms with van der Waals surface area (Å²) in [5.41, 5.74) is 0.254. The Kier molecular flexibility index (Phi) is 8.79. The lowest BCUT2D eigenvalue weighted by Gasteiger charge is -2.34. The summed E-state index contributed by atoms with van der Waals surface area (Å²) >= 11 is 0. The van der Waals surface area contributed by atoms with Gasteiger partial charge in [-0.25, -0.2) is 0 Å². The molecule has 0 aromatic heterocycles. The van der Waals surface area contributed by atoms with E-state index in [0.717, 1.165) is 12.6 Å². The van der Waals surface area contributed by atoms with Crippen molar-refractivity contribution in [2.45, 2.75) is 96.1 Å². The maximum atomic E-state index is 3.85. The van der Waals surface area contributed by atoms with Gasteiger partial charge in [-0.2, -0.15) is 0 Å². The minimum atomic E-state index is 0.254. The lowest BCUT2D eigenvalue weighted by molar-refractivity contribution is 0.181. The molecule has 1 aliphatic rings. The molecule has 1 N–H and O–H groups in total. The second-order valence-corrected chi connectivity index (χ2v) is 7.54. The van der Waals surface area contributed by atoms with E-state index in [1.807, 2.05) is 0 Å². The zero-order valence-corrected chi connectivity index (χ0v) is 14.5. The summed E-state index contributed by atoms with van der Waals surface area (Å²) in [4.78, 5) is 2.33. The summed E-state index contributed by atoms with van der Waals surface area (Å²) < 4.78 is 0. The fraction of sp³-hybridized carbons (Fsp3) is 1.00. The number of nitrogens with one attached hydrogen (secondary N) is 1. The van der Waals surface area contributed by atoms with Crippen molar-refractivity contribution in [1.82, 2.24) is 10.2 Å². The molecule has 0 unspecified atom stereocenters. The van der Waals surface area contributed by atoms with E-state index >= 15 is 0 Å². The minimum Gasteiger partial charge on any atom is -0.312 e. The fourth-order valence-corrected chi connectivity index (χ4v) is 2.92. The molecule has 0 aromatic carbocycles. The Morgan fingerprint density at radius 3 is 1.60 bits per heavy atom. The Morgan fingerprint density at radius 2 is 1.20 bits per heavy atom. The maximum Gasteiger partial charge on any atom is 0.0271 e. The highest BCUT2D eigenvalue weighted by atomic mass is 15.2. The van der Waals surface area contributed by atoms with Crippen LogP contribution in [0.25, 0.3) is 0 Å². The maximum absolute atomic E-state index is 3.85. The Hall–Kier alpha value is -0.0800. The van der Waals surface area contributed by atoms with Gasteiger partial charge in [0.25, 0.3) is 0 Å². The van der Waals surface area contributed by atoms with Crippen molar-refractivity contribution in [3.8, 4) is 0 Å². The predicted molar refractivity (Wildman–Crippen MR) is 90.3 cm³/mol. The molecule has 2 heteroatoms. The Labute approximate surface area is 127 Å². The summed E-state index contributed by atoms with van der Waals surface area (Å²) in [6.07, 6.45) is 15.8. The van der Waals surface area contributed by atoms with E-state index in [9.17, 15) is 0 Å². The van der Waals surface area contributed by atoms with Crippen LogP contribution in [0.4, 0.5) is 0 Å². The van der Waals surface area contributed by atoms with Gasteiger partial charge in [-0.3, -0.25) is 0 Å². The number of hydrogen-bond acceptors (Lipinski definition) is 2. The van der Waals surface area contributed by atoms with E-state index in [-0.39, 0.29) is 5.54 Å². The summed E-state index contributed by atoms with van der Waals surface area (Å²) in [5, 5.41) is 3.85. The zero-order chi connectivity index (χ0) is 14.8. The number of likely N-dealkylation sites (N-methyl/N-ethyl adjacent to an activating group) is 1. The van der Waals surface area contributed by atoms with Gasteiger partial charge in [0, 0.05) is 18.1 Å². The third-order valence-electron chi connectivity index (χ3n) is 5.14. The molecule has 1 saturated carbocycles. The molecule has 20 heavy (non-hydrogen) atoms. The third-order valence-corrected chi connectivity index (χ3v) is 5.14. The predicted octanol–water partition coefficient (Wildman–Crippen LogP) is 4.59. The number of nitrogens with zero attached hydrogens (tertiary/aromatic N) is 1. The molecule has 0 radical (unpaired) electrons. The zero-order valence-electron chi connectivity index (χ0n) is 14.5. The molecule has 1 fully saturated rings. The summed E-state index contributed by atoms with van der Waals surface area (Å²) in [6, 6.07) is 0.744. The first kappa shape index (κ1) is 18.0. The van der Waals surface area contributed by atoms with Crippen LogP contribution in [-0.2, 0) is 0 Å². The molecule has 1 rings (SSSR count). The Bertz CT molecular complexity index is 224. The lowest BCUT2D eigenvalue weighted by Crippen LogP contribution is -2.49. The van der Waals surface area contributed by atoms with Crippen molar-refractivity contribution in [1.29, 1.82) is 0 Å². The highest BCUT2D eigenvalue weighted by Crippen LogP contribution is 2.18. The van der Waals surface area contributed by atoms with Gasteiger partial charge in [0.15, 0.2) is 0 Å². The van der Waals surface area contributed by atoms with Crippen LogP contribution in [0.1, 0.15) is 84.5 Å². The van der Waals surface area contributed by atoms with Gasteiger partial charge in [0.1, 0.15) is 0 Å². The van der Waals surface area contributed by atoms with E-state index < -0.39 is 0 Å². The van der Waals surface area contributed by atoms with E-state index in [0.29, 0.717) is 0 Å². The normalized spacial score (nSPS) is 21.4. The van der Waals surface area contributed by atoms with Gasteiger partial charge in [0.05, 0.1) is 0 Å². The van der Waals surface area contributed by atoms with Crippen LogP contribution in [0, 0.1) is 0 Å². The molecule has 0 heterocycles. The van der Waals surface area contributed by atoms with Crippen LogP contribution in [0.2, 0.25) is 0 Å². The average molecular weight is 283 g/mol. The molecule has 0 saturated heterocycles. The summed E-state index contributed by atoms with van der Waals surface area (Å²) in [5.74, 6) is 0. The Morgan fingerprint density at radius 1 is 0.800 bits per heavy atom. The Balaban J connectivity index is 2.35. The van der Waals surface area contributed by atoms with E-state index in [4.69, 9.17) is 0 Å². The summed E-state index contributed by atoms with van der Waals surface area (Å²) in [6.45, 7) is 5.76. The van der Waals surface area contributed by atoms with Gasteiger partial charge in [-0.15, -0.1) is 0 Å². The van der Waals surface area contributed by atoms with E-state index in [1.54, 1.807) is 0 Å². The average Bonchev–Trinajstić information content (AvgIpc) is 2.38. The second-order valence-electron chi connectivity index (χ2n) is 7.54. The van der Waals surface area contributed by atoms with Crippen LogP contribution < -0.4 is 5.32 Å². The van der Waals surface area contributed by atoms with Crippen molar-refractivity contribution >= 4 is 0 Å². The molecular weight excluding hydrogens is 244 g/mol. The van der Waals surface area contributed by atoms with Crippen LogP contribution in [0.3, 0.4) is 0 Å². The van der Waals surface area contributed by atoms with Crippen molar-refractivity contribution in [2.24, 2.45) is 0 Å². The van der Waals surface area contributed by atoms with Crippen LogP contribution in [0.15, 0.2) is 0 Å². The molecular formula is C18H38N2. The quantitative estimate of drug-likeness (QED) is 0.811. The van der Waals surface area contributed by atoms with Gasteiger partial charge >= 0.3 is 0 Å². The first-order valence-electron chi connectivity index (χ1n) is 8.93. The first-order chi connectivity index (χ1) is 9.52. The lowest BCUT2D eigenvalue weighted by atomic mass is 9.96. The van der Waals surface area contributed by atoms with Crippen molar-refractivity contribution < 1.29 is 0 Å². The molecule has 0 spiro atoms. The molecule has 0 amide bonds. The largest absolute Gasteiger partial charge is 0.312 e. The molecule has 0 aliphatic heterocycles. The molecule has 2 nitrogen and oxygen atoms in total. The van der Waals surface area contributed by atoms with Gasteiger partial charge in [-0.05, 0) is 40.8 Å². The number of hydrogen-bond donors (Lipinski definition) is 1. The molecule has 0 bridgehead atoms. The van der Waals surface area contributed by atoms with Gasteiger partial charge in [0.2, 0.25) is 0 Å². The standard InChI is InChI=1S/C18H38N2/c1-18(2,20(3)4)16-19-17-14-12-10-8-6-5-7-9-11-13-15-17/h17,19H,5-16H2,1-4H3. The van der Waals surface area contributed by atoms with E-state index in [2.05, 4.69) is 38.2 Å². The van der Waals surface area contributed by atoms with Crippen molar-refractivity contribution in [2.75, 3.05) is 20.6 Å². The number of rotatable bonds is 4. The van der Waals surface area contributed by atoms with E-state index in [1.165, 1.54) is 70.6 Å². The monoisotopic (exact) mass is 282 g/mol.